The van der Waals surface area contributed by atoms with E-state index >= 15 is 0 Å². The molecule has 0 aliphatic carbocycles. The van der Waals surface area contributed by atoms with E-state index in [4.69, 9.17) is 28.0 Å². The maximum Gasteiger partial charge on any atom is 0.472 e. The summed E-state index contributed by atoms with van der Waals surface area (Å²) >= 11 is 0. The van der Waals surface area contributed by atoms with Gasteiger partial charge in [0.25, 0.3) is 0 Å². The van der Waals surface area contributed by atoms with Crippen LogP contribution in [0.4, 0.5) is 0 Å². The molecule has 0 bridgehead atoms. The molecule has 11 nitrogen and oxygen atoms in total. The monoisotopic (exact) mass is 646 g/mol. The molecule has 2 aliphatic heterocycles. The van der Waals surface area contributed by atoms with Crippen LogP contribution in [0, 0.1) is 0 Å². The van der Waals surface area contributed by atoms with Gasteiger partial charge in [0.1, 0.15) is 19.8 Å². The standard InChI is InChI=1S/C32H56NO10P/c1-6-8-10-16-27-29(42-27)18-12-14-20-31(34)38-24-26(25-40-44(36,37)39-23-22-33(3,4)5)41-32(35)21-15-13-19-30-28(43-30)17-11-9-7-2/h12-15,26-30H,6-11,16-25H2,1-5H3/p+1. The second-order valence-corrected chi connectivity index (χ2v) is 14.1. The molecule has 0 spiro atoms. The fourth-order valence-electron chi connectivity index (χ4n) is 4.53. The first-order valence-electron chi connectivity index (χ1n) is 16.3. The molecule has 1 N–H and O–H groups in total. The summed E-state index contributed by atoms with van der Waals surface area (Å²) in [7, 11) is 1.37. The number of likely N-dealkylation sites (N-methyl/N-ethyl adjacent to an activating group) is 1. The summed E-state index contributed by atoms with van der Waals surface area (Å²) in [6.45, 7) is 4.05. The van der Waals surface area contributed by atoms with Gasteiger partial charge in [0.05, 0.1) is 65.0 Å². The number of nitrogens with zero attached hydrogens (tertiary/aromatic N) is 1. The summed E-state index contributed by atoms with van der Waals surface area (Å²) in [5.74, 6) is -1.08. The second-order valence-electron chi connectivity index (χ2n) is 12.6. The van der Waals surface area contributed by atoms with Crippen molar-refractivity contribution in [1.29, 1.82) is 0 Å². The van der Waals surface area contributed by atoms with Crippen LogP contribution in [0.5, 0.6) is 0 Å². The molecule has 0 aromatic heterocycles. The molecule has 12 heteroatoms. The molecule has 6 unspecified atom stereocenters. The molecule has 0 radical (unpaired) electrons. The number of rotatable bonds is 26. The lowest BCUT2D eigenvalue weighted by atomic mass is 10.1. The van der Waals surface area contributed by atoms with Gasteiger partial charge in [0, 0.05) is 0 Å². The highest BCUT2D eigenvalue weighted by molar-refractivity contribution is 7.47. The summed E-state index contributed by atoms with van der Waals surface area (Å²) in [4.78, 5) is 34.9. The van der Waals surface area contributed by atoms with Gasteiger partial charge >= 0.3 is 19.8 Å². The molecule has 0 aromatic carbocycles. The third kappa shape index (κ3) is 19.0. The van der Waals surface area contributed by atoms with Gasteiger partial charge in [-0.05, 0) is 25.7 Å². The zero-order valence-corrected chi connectivity index (χ0v) is 28.4. The van der Waals surface area contributed by atoms with E-state index in [1.165, 1.54) is 32.1 Å². The van der Waals surface area contributed by atoms with Crippen molar-refractivity contribution in [3.05, 3.63) is 24.3 Å². The normalized spacial score (nSPS) is 23.5. The van der Waals surface area contributed by atoms with Crippen molar-refractivity contribution in [2.75, 3.05) is 47.5 Å². The Hall–Kier alpha value is -1.59. The van der Waals surface area contributed by atoms with Gasteiger partial charge in [-0.25, -0.2) is 4.57 Å². The maximum atomic E-state index is 12.5. The smallest absolute Gasteiger partial charge is 0.461 e. The fraction of sp³-hybridized carbons (Fsp3) is 0.812. The lowest BCUT2D eigenvalue weighted by Crippen LogP contribution is -2.37. The van der Waals surface area contributed by atoms with Crippen LogP contribution in [0.25, 0.3) is 0 Å². The third-order valence-corrected chi connectivity index (χ3v) is 8.35. The number of esters is 2. The van der Waals surface area contributed by atoms with Gasteiger partial charge in [0.15, 0.2) is 6.10 Å². The van der Waals surface area contributed by atoms with Crippen molar-refractivity contribution in [2.24, 2.45) is 0 Å². The van der Waals surface area contributed by atoms with E-state index in [0.29, 0.717) is 23.2 Å². The van der Waals surface area contributed by atoms with Gasteiger partial charge in [-0.2, -0.15) is 0 Å². The van der Waals surface area contributed by atoms with Crippen molar-refractivity contribution >= 4 is 19.8 Å². The minimum Gasteiger partial charge on any atom is -0.461 e. The summed E-state index contributed by atoms with van der Waals surface area (Å²) in [5.41, 5.74) is 0. The summed E-state index contributed by atoms with van der Waals surface area (Å²) in [6, 6.07) is 0. The molecule has 2 saturated heterocycles. The van der Waals surface area contributed by atoms with Gasteiger partial charge in [0.2, 0.25) is 0 Å². The van der Waals surface area contributed by atoms with Crippen LogP contribution in [0.2, 0.25) is 0 Å². The van der Waals surface area contributed by atoms with E-state index in [9.17, 15) is 19.0 Å². The quantitative estimate of drug-likeness (QED) is 0.0314. The predicted octanol–water partition coefficient (Wildman–Crippen LogP) is 5.65. The summed E-state index contributed by atoms with van der Waals surface area (Å²) < 4.78 is 45.1. The summed E-state index contributed by atoms with van der Waals surface area (Å²) in [6.07, 6.45) is 18.0. The van der Waals surface area contributed by atoms with E-state index < -0.39 is 32.5 Å². The largest absolute Gasteiger partial charge is 0.472 e. The Morgan fingerprint density at radius 1 is 0.795 bits per heavy atom. The van der Waals surface area contributed by atoms with Gasteiger partial charge in [-0.3, -0.25) is 18.6 Å². The number of carbonyl (C=O) groups excluding carboxylic acids is 2. The number of hydrogen-bond acceptors (Lipinski definition) is 9. The van der Waals surface area contributed by atoms with E-state index in [-0.39, 0.29) is 38.3 Å². The van der Waals surface area contributed by atoms with Crippen LogP contribution in [0.3, 0.4) is 0 Å². The molecule has 0 aromatic rings. The van der Waals surface area contributed by atoms with Crippen molar-refractivity contribution in [2.45, 2.75) is 121 Å². The second kappa shape index (κ2) is 20.5. The first-order chi connectivity index (χ1) is 20.9. The van der Waals surface area contributed by atoms with E-state index in [1.807, 2.05) is 33.3 Å². The molecule has 2 fully saturated rings. The number of unbranched alkanes of at least 4 members (excludes halogenated alkanes) is 4. The highest BCUT2D eigenvalue weighted by Crippen LogP contribution is 2.43. The fourth-order valence-corrected chi connectivity index (χ4v) is 5.27. The van der Waals surface area contributed by atoms with Gasteiger partial charge in [-0.1, -0.05) is 76.7 Å². The molecular weight excluding hydrogens is 589 g/mol. The number of phosphoric acid groups is 1. The van der Waals surface area contributed by atoms with Crippen LogP contribution in [0.1, 0.15) is 90.9 Å². The average Bonchev–Trinajstić information content (AvgIpc) is 3.87. The number of phosphoric ester groups is 1. The maximum absolute atomic E-state index is 12.5. The summed E-state index contributed by atoms with van der Waals surface area (Å²) in [5, 5.41) is 0. The number of hydrogen-bond donors (Lipinski definition) is 1. The molecule has 0 saturated carbocycles. The van der Waals surface area contributed by atoms with E-state index in [1.54, 1.807) is 12.2 Å². The number of epoxide rings is 2. The number of ether oxygens (including phenoxy) is 4. The van der Waals surface area contributed by atoms with Crippen molar-refractivity contribution in [3.63, 3.8) is 0 Å². The lowest BCUT2D eigenvalue weighted by molar-refractivity contribution is -0.870. The number of quaternary nitrogens is 1. The lowest BCUT2D eigenvalue weighted by Gasteiger charge is -2.24. The van der Waals surface area contributed by atoms with Crippen molar-refractivity contribution < 1.29 is 51.5 Å². The first kappa shape index (κ1) is 38.6. The van der Waals surface area contributed by atoms with Crippen LogP contribution in [-0.4, -0.2) is 99.3 Å². The predicted molar refractivity (Wildman–Crippen MR) is 168 cm³/mol. The molecule has 2 rings (SSSR count). The number of carbonyl (C=O) groups is 2. The molecule has 6 atom stereocenters. The Balaban J connectivity index is 1.76. The molecule has 44 heavy (non-hydrogen) atoms. The van der Waals surface area contributed by atoms with Crippen LogP contribution < -0.4 is 0 Å². The Labute approximate surface area is 264 Å². The Morgan fingerprint density at radius 2 is 1.34 bits per heavy atom. The highest BCUT2D eigenvalue weighted by atomic mass is 31.2. The van der Waals surface area contributed by atoms with Crippen LogP contribution >= 0.6 is 7.82 Å². The minimum absolute atomic E-state index is 0.000131. The van der Waals surface area contributed by atoms with Crippen molar-refractivity contribution in [1.82, 2.24) is 0 Å². The molecule has 0 amide bonds. The highest BCUT2D eigenvalue weighted by Gasteiger charge is 2.37. The van der Waals surface area contributed by atoms with Crippen LogP contribution in [0.15, 0.2) is 24.3 Å². The van der Waals surface area contributed by atoms with Gasteiger partial charge in [-0.15, -0.1) is 0 Å². The zero-order valence-electron chi connectivity index (χ0n) is 27.5. The van der Waals surface area contributed by atoms with Gasteiger partial charge < -0.3 is 28.3 Å². The topological polar surface area (TPSA) is 133 Å². The van der Waals surface area contributed by atoms with E-state index in [2.05, 4.69) is 13.8 Å². The van der Waals surface area contributed by atoms with E-state index in [0.717, 1.165) is 32.1 Å². The van der Waals surface area contributed by atoms with Crippen molar-refractivity contribution in [3.8, 4) is 0 Å². The molecular formula is C32H57NO10P+. The Kier molecular flexibility index (Phi) is 18.0. The first-order valence-corrected chi connectivity index (χ1v) is 17.8. The third-order valence-electron chi connectivity index (χ3n) is 7.37. The Morgan fingerprint density at radius 3 is 1.86 bits per heavy atom. The zero-order chi connectivity index (χ0) is 32.4. The molecule has 2 heterocycles. The minimum atomic E-state index is -4.40. The SMILES string of the molecule is CCCCCC1OC1CC=CCC(=O)OCC(COP(=O)(O)OCC[N+](C)(C)C)OC(=O)CC=CCC1OC1CCCCC. The molecule has 2 aliphatic rings. The van der Waals surface area contributed by atoms with Crippen LogP contribution in [-0.2, 0) is 42.1 Å². The molecule has 254 valence electrons. The average molecular weight is 647 g/mol. The Bertz CT molecular complexity index is 950.